The first-order valence-electron chi connectivity index (χ1n) is 12.6. The largest absolute Gasteiger partial charge is 0.496 e. The van der Waals surface area contributed by atoms with Gasteiger partial charge in [-0.2, -0.15) is 0 Å². The van der Waals surface area contributed by atoms with Crippen LogP contribution in [0.5, 0.6) is 17.2 Å². The van der Waals surface area contributed by atoms with Crippen molar-refractivity contribution >= 4 is 0 Å². The molecule has 0 spiro atoms. The molecule has 6 rings (SSSR count). The Morgan fingerprint density at radius 1 is 0.838 bits per heavy atom. The fourth-order valence-electron chi connectivity index (χ4n) is 5.14. The quantitative estimate of drug-likeness (QED) is 0.366. The van der Waals surface area contributed by atoms with Gasteiger partial charge in [0.25, 0.3) is 0 Å². The van der Waals surface area contributed by atoms with Crippen LogP contribution in [-0.2, 0) is 13.1 Å². The lowest BCUT2D eigenvalue weighted by Gasteiger charge is -2.39. The Kier molecular flexibility index (Phi) is 6.70. The molecule has 9 heteroatoms. The summed E-state index contributed by atoms with van der Waals surface area (Å²) in [6, 6.07) is 24.5. The Hall–Kier alpha value is -3.95. The van der Waals surface area contributed by atoms with Crippen LogP contribution < -0.4 is 14.2 Å². The molecule has 1 fully saturated rings. The number of fused-ring (bicyclic) bond motifs is 1. The highest BCUT2D eigenvalue weighted by Crippen LogP contribution is 2.35. The number of hydrogen-bond acceptors (Lipinski definition) is 8. The summed E-state index contributed by atoms with van der Waals surface area (Å²) in [6.07, 6.45) is 0. The number of nitrogens with zero attached hydrogens (tertiary/aromatic N) is 6. The van der Waals surface area contributed by atoms with Gasteiger partial charge in [0.1, 0.15) is 11.8 Å². The molecule has 3 heterocycles. The minimum absolute atomic E-state index is 0.123. The van der Waals surface area contributed by atoms with Crippen LogP contribution >= 0.6 is 0 Å². The molecule has 0 bridgehead atoms. The smallest absolute Gasteiger partial charge is 0.231 e. The Balaban J connectivity index is 1.23. The SMILES string of the molecule is COc1ccccc1C(c1nnnn1Cc1ccccc1)N1CCN(Cc2ccc3c(c2)OCO3)CC1. The van der Waals surface area contributed by atoms with Gasteiger partial charge in [0.05, 0.1) is 13.7 Å². The molecule has 1 aromatic heterocycles. The fraction of sp³-hybridized carbons (Fsp3) is 0.321. The van der Waals surface area contributed by atoms with Crippen LogP contribution in [0.3, 0.4) is 0 Å². The van der Waals surface area contributed by atoms with E-state index in [1.165, 1.54) is 5.56 Å². The third kappa shape index (κ3) is 5.00. The van der Waals surface area contributed by atoms with E-state index in [2.05, 4.69) is 55.7 Å². The van der Waals surface area contributed by atoms with Crippen LogP contribution in [0.1, 0.15) is 28.6 Å². The molecule has 4 aromatic rings. The van der Waals surface area contributed by atoms with Crippen LogP contribution in [0.4, 0.5) is 0 Å². The zero-order valence-electron chi connectivity index (χ0n) is 20.9. The summed E-state index contributed by atoms with van der Waals surface area (Å²) in [5, 5.41) is 13.0. The van der Waals surface area contributed by atoms with Crippen molar-refractivity contribution in [2.24, 2.45) is 0 Å². The minimum Gasteiger partial charge on any atom is -0.496 e. The molecule has 0 N–H and O–H groups in total. The maximum absolute atomic E-state index is 5.77. The van der Waals surface area contributed by atoms with Crippen molar-refractivity contribution in [1.82, 2.24) is 30.0 Å². The van der Waals surface area contributed by atoms with E-state index in [1.54, 1.807) is 7.11 Å². The molecular formula is C28H30N6O3. The van der Waals surface area contributed by atoms with Gasteiger partial charge in [-0.05, 0) is 39.8 Å². The average molecular weight is 499 g/mol. The van der Waals surface area contributed by atoms with Crippen molar-refractivity contribution in [2.45, 2.75) is 19.1 Å². The molecule has 2 aliphatic heterocycles. The van der Waals surface area contributed by atoms with E-state index < -0.39 is 0 Å². The van der Waals surface area contributed by atoms with Gasteiger partial charge < -0.3 is 14.2 Å². The van der Waals surface area contributed by atoms with Crippen molar-refractivity contribution < 1.29 is 14.2 Å². The van der Waals surface area contributed by atoms with Crippen molar-refractivity contribution in [2.75, 3.05) is 40.1 Å². The zero-order valence-corrected chi connectivity index (χ0v) is 20.9. The van der Waals surface area contributed by atoms with Gasteiger partial charge in [0, 0.05) is 38.3 Å². The monoisotopic (exact) mass is 498 g/mol. The Bertz CT molecular complexity index is 1340. The third-order valence-electron chi connectivity index (χ3n) is 7.03. The number of methoxy groups -OCH3 is 1. The highest BCUT2D eigenvalue weighted by atomic mass is 16.7. The fourth-order valence-corrected chi connectivity index (χ4v) is 5.14. The molecule has 2 aliphatic rings. The molecule has 3 aromatic carbocycles. The van der Waals surface area contributed by atoms with Gasteiger partial charge in [0.2, 0.25) is 6.79 Å². The molecule has 1 unspecified atom stereocenters. The standard InChI is InChI=1S/C28H30N6O3/c1-35-24-10-6-5-9-23(24)27(28-29-30-31-34(28)19-21-7-3-2-4-8-21)33-15-13-32(14-16-33)18-22-11-12-25-26(17-22)37-20-36-25/h2-12,17,27H,13-16,18-20H2,1H3. The topological polar surface area (TPSA) is 77.8 Å². The predicted molar refractivity (Wildman–Crippen MR) is 138 cm³/mol. The molecule has 1 atom stereocenters. The first kappa shape index (κ1) is 23.4. The van der Waals surface area contributed by atoms with E-state index in [9.17, 15) is 0 Å². The van der Waals surface area contributed by atoms with Crippen molar-refractivity contribution in [3.63, 3.8) is 0 Å². The number of piperazine rings is 1. The first-order valence-corrected chi connectivity index (χ1v) is 12.6. The zero-order chi connectivity index (χ0) is 25.0. The van der Waals surface area contributed by atoms with Crippen LogP contribution in [0.15, 0.2) is 72.8 Å². The van der Waals surface area contributed by atoms with Gasteiger partial charge in [-0.1, -0.05) is 54.6 Å². The maximum Gasteiger partial charge on any atom is 0.231 e. The average Bonchev–Trinajstić information content (AvgIpc) is 3.60. The number of hydrogen-bond donors (Lipinski definition) is 0. The van der Waals surface area contributed by atoms with Crippen molar-refractivity contribution in [1.29, 1.82) is 0 Å². The molecule has 0 aliphatic carbocycles. The highest BCUT2D eigenvalue weighted by molar-refractivity contribution is 5.44. The minimum atomic E-state index is -0.123. The van der Waals surface area contributed by atoms with E-state index >= 15 is 0 Å². The molecule has 0 radical (unpaired) electrons. The molecule has 9 nitrogen and oxygen atoms in total. The molecule has 0 saturated carbocycles. The van der Waals surface area contributed by atoms with Crippen molar-refractivity contribution in [3.05, 3.63) is 95.3 Å². The third-order valence-corrected chi connectivity index (χ3v) is 7.03. The van der Waals surface area contributed by atoms with E-state index in [0.717, 1.165) is 66.9 Å². The number of para-hydroxylation sites is 1. The van der Waals surface area contributed by atoms with E-state index in [-0.39, 0.29) is 6.04 Å². The lowest BCUT2D eigenvalue weighted by atomic mass is 10.0. The molecular weight excluding hydrogens is 468 g/mol. The molecule has 1 saturated heterocycles. The van der Waals surface area contributed by atoms with Gasteiger partial charge in [-0.3, -0.25) is 9.80 Å². The second kappa shape index (κ2) is 10.6. The van der Waals surface area contributed by atoms with Gasteiger partial charge in [-0.15, -0.1) is 5.10 Å². The maximum atomic E-state index is 5.77. The van der Waals surface area contributed by atoms with Gasteiger partial charge >= 0.3 is 0 Å². The van der Waals surface area contributed by atoms with Crippen LogP contribution in [0, 0.1) is 0 Å². The van der Waals surface area contributed by atoms with E-state index in [4.69, 9.17) is 14.2 Å². The summed E-state index contributed by atoms with van der Waals surface area (Å²) >= 11 is 0. The summed E-state index contributed by atoms with van der Waals surface area (Å²) in [5.74, 6) is 3.31. The number of rotatable bonds is 8. The number of tetrazole rings is 1. The van der Waals surface area contributed by atoms with Crippen molar-refractivity contribution in [3.8, 4) is 17.2 Å². The Morgan fingerprint density at radius 2 is 1.62 bits per heavy atom. The summed E-state index contributed by atoms with van der Waals surface area (Å²) in [5.41, 5.74) is 3.45. The van der Waals surface area contributed by atoms with E-state index in [1.807, 2.05) is 47.1 Å². The molecule has 0 amide bonds. The Labute approximate surface area is 216 Å². The second-order valence-corrected chi connectivity index (χ2v) is 9.32. The summed E-state index contributed by atoms with van der Waals surface area (Å²) in [4.78, 5) is 4.93. The first-order chi connectivity index (χ1) is 18.3. The normalized spacial score (nSPS) is 16.6. The lowest BCUT2D eigenvalue weighted by molar-refractivity contribution is 0.0992. The number of ether oxygens (including phenoxy) is 3. The highest BCUT2D eigenvalue weighted by Gasteiger charge is 2.32. The number of aromatic nitrogens is 4. The summed E-state index contributed by atoms with van der Waals surface area (Å²) in [7, 11) is 1.71. The van der Waals surface area contributed by atoms with Gasteiger partial charge in [-0.25, -0.2) is 4.68 Å². The number of benzene rings is 3. The summed E-state index contributed by atoms with van der Waals surface area (Å²) in [6.45, 7) is 5.40. The van der Waals surface area contributed by atoms with Gasteiger partial charge in [0.15, 0.2) is 17.3 Å². The van der Waals surface area contributed by atoms with Crippen LogP contribution in [0.25, 0.3) is 0 Å². The second-order valence-electron chi connectivity index (χ2n) is 9.32. The molecule has 37 heavy (non-hydrogen) atoms. The summed E-state index contributed by atoms with van der Waals surface area (Å²) < 4.78 is 18.7. The van der Waals surface area contributed by atoms with Crippen LogP contribution in [0.2, 0.25) is 0 Å². The molecule has 190 valence electrons. The Morgan fingerprint density at radius 3 is 2.46 bits per heavy atom. The predicted octanol–water partition coefficient (Wildman–Crippen LogP) is 3.37. The van der Waals surface area contributed by atoms with Crippen LogP contribution in [-0.4, -0.2) is 70.1 Å². The van der Waals surface area contributed by atoms with E-state index in [0.29, 0.717) is 13.3 Å². The lowest BCUT2D eigenvalue weighted by Crippen LogP contribution is -2.48.